The van der Waals surface area contributed by atoms with Crippen LogP contribution in [0.25, 0.3) is 0 Å². The number of aromatic nitrogens is 4. The van der Waals surface area contributed by atoms with Crippen LogP contribution < -0.4 is 11.2 Å². The molecule has 0 aliphatic rings. The highest BCUT2D eigenvalue weighted by molar-refractivity contribution is 5.17. The summed E-state index contributed by atoms with van der Waals surface area (Å²) in [5, 5.41) is 10.6. The largest absolute Gasteiger partial charge is 0.365 e. The first-order valence-electron chi connectivity index (χ1n) is 4.18. The molecule has 0 amide bonds. The lowest BCUT2D eigenvalue weighted by Gasteiger charge is -2.04. The van der Waals surface area contributed by atoms with E-state index in [9.17, 15) is 0 Å². The van der Waals surface area contributed by atoms with Crippen LogP contribution in [-0.4, -0.2) is 20.3 Å². The van der Waals surface area contributed by atoms with Crippen LogP contribution in [0.4, 0.5) is 5.95 Å². The van der Waals surface area contributed by atoms with E-state index in [0.717, 1.165) is 5.56 Å². The summed E-state index contributed by atoms with van der Waals surface area (Å²) in [5.41, 5.74) is 9.57. The normalized spacial score (nSPS) is 10.0. The number of hydrogen-bond donors (Lipinski definition) is 2. The van der Waals surface area contributed by atoms with Crippen LogP contribution >= 0.6 is 0 Å². The van der Waals surface area contributed by atoms with Crippen LogP contribution in [0.3, 0.4) is 0 Å². The van der Waals surface area contributed by atoms with Gasteiger partial charge in [0.2, 0.25) is 0 Å². The van der Waals surface area contributed by atoms with Crippen molar-refractivity contribution in [3.63, 3.8) is 0 Å². The van der Waals surface area contributed by atoms with Gasteiger partial charge in [-0.1, -0.05) is 35.4 Å². The van der Waals surface area contributed by atoms with Gasteiger partial charge in [-0.25, -0.2) is 0 Å². The zero-order valence-corrected chi connectivity index (χ0v) is 7.46. The Balaban J connectivity index is 1.99. The second kappa shape index (κ2) is 3.73. The van der Waals surface area contributed by atoms with Gasteiger partial charge in [-0.15, -0.1) is 4.79 Å². The number of nitrogens with zero attached hydrogens (tertiary/aromatic N) is 4. The van der Waals surface area contributed by atoms with Crippen molar-refractivity contribution in [2.45, 2.75) is 6.54 Å². The molecule has 0 radical (unpaired) electrons. The van der Waals surface area contributed by atoms with Gasteiger partial charge in [-0.2, -0.15) is 0 Å². The average Bonchev–Trinajstić information content (AvgIpc) is 2.63. The Bertz CT molecular complexity index is 395. The monoisotopic (exact) mass is 190 g/mol. The van der Waals surface area contributed by atoms with Gasteiger partial charge in [0.25, 0.3) is 5.95 Å². The molecule has 0 fully saturated rings. The predicted octanol–water partition coefficient (Wildman–Crippen LogP) is -0.00100. The summed E-state index contributed by atoms with van der Waals surface area (Å²) in [6, 6.07) is 9.93. The fourth-order valence-electron chi connectivity index (χ4n) is 1.07. The molecule has 2 rings (SSSR count). The number of rotatable bonds is 3. The number of benzene rings is 1. The molecular formula is C8H10N6. The maximum atomic E-state index is 5.47. The van der Waals surface area contributed by atoms with Gasteiger partial charge in [0, 0.05) is 0 Å². The molecule has 1 aromatic heterocycles. The van der Waals surface area contributed by atoms with Crippen molar-refractivity contribution in [3.05, 3.63) is 35.9 Å². The maximum Gasteiger partial charge on any atom is 0.260 e. The van der Waals surface area contributed by atoms with Crippen molar-refractivity contribution < 1.29 is 0 Å². The molecule has 72 valence electrons. The van der Waals surface area contributed by atoms with Gasteiger partial charge in [0.1, 0.15) is 0 Å². The Morgan fingerprint density at radius 1 is 1.29 bits per heavy atom. The lowest BCUT2D eigenvalue weighted by atomic mass is 10.2. The van der Waals surface area contributed by atoms with E-state index >= 15 is 0 Å². The second-order valence-corrected chi connectivity index (χ2v) is 2.77. The third kappa shape index (κ3) is 1.79. The number of anilines is 1. The highest BCUT2D eigenvalue weighted by Crippen LogP contribution is 1.98. The molecule has 0 atom stereocenters. The molecule has 0 bridgehead atoms. The van der Waals surface area contributed by atoms with Crippen LogP contribution in [0.5, 0.6) is 0 Å². The fourth-order valence-corrected chi connectivity index (χ4v) is 1.07. The topological polar surface area (TPSA) is 81.7 Å². The SMILES string of the molecule is Nc1nnnn1NCc1ccccc1. The van der Waals surface area contributed by atoms with Crippen molar-refractivity contribution in [2.75, 3.05) is 11.2 Å². The van der Waals surface area contributed by atoms with Crippen molar-refractivity contribution in [3.8, 4) is 0 Å². The highest BCUT2D eigenvalue weighted by atomic mass is 15.7. The Labute approximate surface area is 80.7 Å². The van der Waals surface area contributed by atoms with E-state index in [1.807, 2.05) is 30.3 Å². The lowest BCUT2D eigenvalue weighted by molar-refractivity contribution is 0.693. The molecule has 3 N–H and O–H groups in total. The Morgan fingerprint density at radius 2 is 2.07 bits per heavy atom. The highest BCUT2D eigenvalue weighted by Gasteiger charge is 1.98. The number of nitrogens with one attached hydrogen (secondary N) is 1. The minimum atomic E-state index is 0.251. The molecule has 0 aliphatic carbocycles. The summed E-state index contributed by atoms with van der Waals surface area (Å²) in [6.45, 7) is 0.635. The van der Waals surface area contributed by atoms with E-state index in [1.54, 1.807) is 0 Å². The zero-order valence-electron chi connectivity index (χ0n) is 7.46. The minimum Gasteiger partial charge on any atom is -0.365 e. The van der Waals surface area contributed by atoms with E-state index in [-0.39, 0.29) is 5.95 Å². The average molecular weight is 190 g/mol. The molecule has 0 saturated heterocycles. The quantitative estimate of drug-likeness (QED) is 0.711. The van der Waals surface area contributed by atoms with Gasteiger partial charge in [-0.05, 0) is 16.0 Å². The summed E-state index contributed by atoms with van der Waals surface area (Å²) in [4.78, 5) is 1.34. The number of hydrogen-bond acceptors (Lipinski definition) is 5. The summed E-state index contributed by atoms with van der Waals surface area (Å²) in [6.07, 6.45) is 0. The van der Waals surface area contributed by atoms with Gasteiger partial charge in [-0.3, -0.25) is 0 Å². The molecule has 0 unspecified atom stereocenters. The van der Waals surface area contributed by atoms with Gasteiger partial charge in [0.15, 0.2) is 0 Å². The van der Waals surface area contributed by atoms with E-state index < -0.39 is 0 Å². The Morgan fingerprint density at radius 3 is 2.71 bits per heavy atom. The molecular weight excluding hydrogens is 180 g/mol. The van der Waals surface area contributed by atoms with Gasteiger partial charge < -0.3 is 11.2 Å². The minimum absolute atomic E-state index is 0.251. The van der Waals surface area contributed by atoms with E-state index in [0.29, 0.717) is 6.54 Å². The molecule has 0 saturated carbocycles. The van der Waals surface area contributed by atoms with Crippen molar-refractivity contribution in [2.24, 2.45) is 0 Å². The van der Waals surface area contributed by atoms with E-state index in [2.05, 4.69) is 21.0 Å². The smallest absolute Gasteiger partial charge is 0.260 e. The van der Waals surface area contributed by atoms with Crippen LogP contribution in [0.2, 0.25) is 0 Å². The number of nitrogens with two attached hydrogens (primary N) is 1. The molecule has 0 spiro atoms. The third-order valence-corrected chi connectivity index (χ3v) is 1.77. The van der Waals surface area contributed by atoms with Crippen LogP contribution in [-0.2, 0) is 6.54 Å². The van der Waals surface area contributed by atoms with Crippen LogP contribution in [0, 0.1) is 0 Å². The summed E-state index contributed by atoms with van der Waals surface area (Å²) < 4.78 is 0. The first-order chi connectivity index (χ1) is 6.86. The van der Waals surface area contributed by atoms with Gasteiger partial charge >= 0.3 is 0 Å². The molecule has 1 heterocycles. The standard InChI is InChI=1S/C8H10N6/c9-8-11-12-13-14(8)10-6-7-4-2-1-3-5-7/h1-5,10H,6H2,(H2,9,11,13). The molecule has 6 heteroatoms. The third-order valence-electron chi connectivity index (χ3n) is 1.77. The molecule has 6 nitrogen and oxygen atoms in total. The first kappa shape index (κ1) is 8.49. The zero-order chi connectivity index (χ0) is 9.80. The van der Waals surface area contributed by atoms with Crippen molar-refractivity contribution >= 4 is 5.95 Å². The summed E-state index contributed by atoms with van der Waals surface area (Å²) >= 11 is 0. The summed E-state index contributed by atoms with van der Waals surface area (Å²) in [5.74, 6) is 0.251. The fraction of sp³-hybridized carbons (Fsp3) is 0.125. The van der Waals surface area contributed by atoms with Gasteiger partial charge in [0.05, 0.1) is 6.54 Å². The van der Waals surface area contributed by atoms with Crippen molar-refractivity contribution in [1.82, 2.24) is 20.3 Å². The second-order valence-electron chi connectivity index (χ2n) is 2.77. The van der Waals surface area contributed by atoms with Crippen LogP contribution in [0.15, 0.2) is 30.3 Å². The lowest BCUT2D eigenvalue weighted by Crippen LogP contribution is -2.18. The number of nitrogen functional groups attached to an aromatic ring is 1. The maximum absolute atomic E-state index is 5.47. The molecule has 2 aromatic rings. The molecule has 14 heavy (non-hydrogen) atoms. The number of tetrazole rings is 1. The first-order valence-corrected chi connectivity index (χ1v) is 4.18. The van der Waals surface area contributed by atoms with E-state index in [4.69, 9.17) is 5.73 Å². The Kier molecular flexibility index (Phi) is 2.26. The Hall–Kier alpha value is -2.11. The predicted molar refractivity (Wildman–Crippen MR) is 51.7 cm³/mol. The summed E-state index contributed by atoms with van der Waals surface area (Å²) in [7, 11) is 0. The van der Waals surface area contributed by atoms with Crippen molar-refractivity contribution in [1.29, 1.82) is 0 Å². The van der Waals surface area contributed by atoms with E-state index in [1.165, 1.54) is 4.79 Å². The molecule has 1 aromatic carbocycles. The van der Waals surface area contributed by atoms with Crippen LogP contribution in [0.1, 0.15) is 5.56 Å². The molecule has 0 aliphatic heterocycles.